The van der Waals surface area contributed by atoms with Crippen LogP contribution in [-0.2, 0) is 0 Å². The number of benzene rings is 1. The third-order valence-corrected chi connectivity index (χ3v) is 2.95. The molecule has 0 saturated carbocycles. The molecule has 2 N–H and O–H groups in total. The van der Waals surface area contributed by atoms with Gasteiger partial charge in [0, 0.05) is 5.69 Å². The van der Waals surface area contributed by atoms with Gasteiger partial charge < -0.3 is 9.73 Å². The Morgan fingerprint density at radius 2 is 2.11 bits per heavy atom. The van der Waals surface area contributed by atoms with E-state index in [1.807, 2.05) is 25.1 Å². The molecule has 1 aromatic carbocycles. The van der Waals surface area contributed by atoms with Gasteiger partial charge >= 0.3 is 0 Å². The summed E-state index contributed by atoms with van der Waals surface area (Å²) in [5.74, 6) is 0.669. The maximum Gasteiger partial charge on any atom is 0.191 e. The van der Waals surface area contributed by atoms with Gasteiger partial charge in [-0.1, -0.05) is 12.1 Å². The van der Waals surface area contributed by atoms with Crippen molar-refractivity contribution >= 4 is 29.2 Å². The van der Waals surface area contributed by atoms with Gasteiger partial charge in [-0.05, 0) is 55.4 Å². The first kappa shape index (κ1) is 13.3. The molecule has 0 atom stereocenters. The van der Waals surface area contributed by atoms with Gasteiger partial charge in [0.25, 0.3) is 0 Å². The molecule has 0 saturated heterocycles. The highest BCUT2D eigenvalue weighted by molar-refractivity contribution is 7.80. The largest absolute Gasteiger partial charge is 0.463 e. The monoisotopic (exact) mass is 273 g/mol. The number of aryl methyl sites for hydroxylation is 1. The number of hydrogen-bond acceptors (Lipinski definition) is 3. The van der Waals surface area contributed by atoms with Crippen LogP contribution in [0.15, 0.2) is 46.1 Å². The van der Waals surface area contributed by atoms with E-state index in [2.05, 4.69) is 28.8 Å². The predicted octanol–water partition coefficient (Wildman–Crippen LogP) is 3.22. The van der Waals surface area contributed by atoms with E-state index in [4.69, 9.17) is 16.6 Å². The maximum atomic E-state index is 5.17. The number of anilines is 1. The van der Waals surface area contributed by atoms with Crippen LogP contribution in [0.2, 0.25) is 0 Å². The average Bonchev–Trinajstić information content (AvgIpc) is 2.88. The minimum absolute atomic E-state index is 0.441. The summed E-state index contributed by atoms with van der Waals surface area (Å²) in [5, 5.41) is 7.54. The zero-order chi connectivity index (χ0) is 13.7. The molecule has 0 spiro atoms. The highest BCUT2D eigenvalue weighted by Crippen LogP contribution is 2.17. The molecular formula is C14H15N3OS. The highest BCUT2D eigenvalue weighted by Gasteiger charge is 2.01. The molecule has 98 valence electrons. The Kier molecular flexibility index (Phi) is 4.30. The summed E-state index contributed by atoms with van der Waals surface area (Å²) < 4.78 is 5.12. The minimum atomic E-state index is 0.441. The summed E-state index contributed by atoms with van der Waals surface area (Å²) >= 11 is 5.17. The zero-order valence-corrected chi connectivity index (χ0v) is 11.6. The zero-order valence-electron chi connectivity index (χ0n) is 10.8. The molecule has 0 aliphatic heterocycles. The molecule has 0 amide bonds. The van der Waals surface area contributed by atoms with Crippen molar-refractivity contribution in [2.24, 2.45) is 5.10 Å². The Morgan fingerprint density at radius 3 is 2.84 bits per heavy atom. The van der Waals surface area contributed by atoms with Gasteiger partial charge in [-0.15, -0.1) is 0 Å². The molecule has 0 aliphatic rings. The standard InChI is InChI=1S/C14H15N3OS/c1-10-5-3-7-13(11(10)2)16-14(19)17-15-9-12-6-4-8-18-12/h3-9H,1-2H3,(H2,16,17,19)/b15-9+. The van der Waals surface area contributed by atoms with Crippen LogP contribution < -0.4 is 10.7 Å². The first-order chi connectivity index (χ1) is 9.16. The van der Waals surface area contributed by atoms with Gasteiger partial charge in [0.15, 0.2) is 5.11 Å². The fourth-order valence-electron chi connectivity index (χ4n) is 1.56. The van der Waals surface area contributed by atoms with Gasteiger partial charge in [-0.25, -0.2) is 0 Å². The van der Waals surface area contributed by atoms with Crippen LogP contribution in [-0.4, -0.2) is 11.3 Å². The lowest BCUT2D eigenvalue weighted by atomic mass is 10.1. The van der Waals surface area contributed by atoms with E-state index in [0.717, 1.165) is 5.69 Å². The van der Waals surface area contributed by atoms with Crippen molar-refractivity contribution in [2.45, 2.75) is 13.8 Å². The lowest BCUT2D eigenvalue weighted by Crippen LogP contribution is -2.24. The summed E-state index contributed by atoms with van der Waals surface area (Å²) in [6.45, 7) is 4.11. The van der Waals surface area contributed by atoms with E-state index >= 15 is 0 Å². The Balaban J connectivity index is 1.93. The van der Waals surface area contributed by atoms with Crippen molar-refractivity contribution in [1.29, 1.82) is 0 Å². The summed E-state index contributed by atoms with van der Waals surface area (Å²) in [6, 6.07) is 9.64. The first-order valence-corrected chi connectivity index (χ1v) is 6.27. The second-order valence-electron chi connectivity index (χ2n) is 4.09. The Hall–Kier alpha value is -2.14. The Morgan fingerprint density at radius 1 is 1.26 bits per heavy atom. The van der Waals surface area contributed by atoms with Gasteiger partial charge in [0.2, 0.25) is 0 Å². The van der Waals surface area contributed by atoms with Gasteiger partial charge in [-0.2, -0.15) is 5.10 Å². The first-order valence-electron chi connectivity index (χ1n) is 5.86. The van der Waals surface area contributed by atoms with Crippen LogP contribution in [0, 0.1) is 13.8 Å². The van der Waals surface area contributed by atoms with Crippen molar-refractivity contribution in [3.8, 4) is 0 Å². The quantitative estimate of drug-likeness (QED) is 0.512. The van der Waals surface area contributed by atoms with Gasteiger partial charge in [0.1, 0.15) is 5.76 Å². The molecule has 0 fully saturated rings. The molecule has 4 nitrogen and oxygen atoms in total. The number of furan rings is 1. The molecule has 1 heterocycles. The van der Waals surface area contributed by atoms with Crippen LogP contribution in [0.5, 0.6) is 0 Å². The second-order valence-corrected chi connectivity index (χ2v) is 4.50. The lowest BCUT2D eigenvalue weighted by Gasteiger charge is -2.11. The van der Waals surface area contributed by atoms with E-state index in [-0.39, 0.29) is 0 Å². The molecule has 0 unspecified atom stereocenters. The van der Waals surface area contributed by atoms with E-state index in [1.165, 1.54) is 11.1 Å². The normalized spacial score (nSPS) is 10.6. The summed E-state index contributed by atoms with van der Waals surface area (Å²) in [7, 11) is 0. The summed E-state index contributed by atoms with van der Waals surface area (Å²) in [5.41, 5.74) is 6.11. The van der Waals surface area contributed by atoms with Crippen molar-refractivity contribution in [2.75, 3.05) is 5.32 Å². The van der Waals surface area contributed by atoms with Crippen LogP contribution in [0.25, 0.3) is 0 Å². The number of hydrazone groups is 1. The summed E-state index contributed by atoms with van der Waals surface area (Å²) in [6.07, 6.45) is 3.16. The number of hydrogen-bond donors (Lipinski definition) is 2. The average molecular weight is 273 g/mol. The molecule has 1 aromatic heterocycles. The van der Waals surface area contributed by atoms with Gasteiger partial charge in [0.05, 0.1) is 12.5 Å². The van der Waals surface area contributed by atoms with E-state index in [9.17, 15) is 0 Å². The molecular weight excluding hydrogens is 258 g/mol. The molecule has 2 aromatic rings. The third kappa shape index (κ3) is 3.66. The molecule has 0 aliphatic carbocycles. The maximum absolute atomic E-state index is 5.17. The molecule has 0 radical (unpaired) electrons. The van der Waals surface area contributed by atoms with Crippen molar-refractivity contribution in [3.05, 3.63) is 53.5 Å². The van der Waals surface area contributed by atoms with E-state index < -0.39 is 0 Å². The molecule has 19 heavy (non-hydrogen) atoms. The fourth-order valence-corrected chi connectivity index (χ4v) is 1.72. The highest BCUT2D eigenvalue weighted by atomic mass is 32.1. The van der Waals surface area contributed by atoms with E-state index in [0.29, 0.717) is 10.9 Å². The Bertz CT molecular complexity index is 591. The number of thiocarbonyl (C=S) groups is 1. The van der Waals surface area contributed by atoms with Crippen molar-refractivity contribution in [1.82, 2.24) is 5.43 Å². The topological polar surface area (TPSA) is 49.6 Å². The van der Waals surface area contributed by atoms with Gasteiger partial charge in [-0.3, -0.25) is 5.43 Å². The molecule has 0 bridgehead atoms. The van der Waals surface area contributed by atoms with Crippen molar-refractivity contribution < 1.29 is 4.42 Å². The number of nitrogens with zero attached hydrogens (tertiary/aromatic N) is 1. The van der Waals surface area contributed by atoms with Crippen LogP contribution in [0.1, 0.15) is 16.9 Å². The van der Waals surface area contributed by atoms with Crippen LogP contribution in [0.4, 0.5) is 5.69 Å². The van der Waals surface area contributed by atoms with Crippen molar-refractivity contribution in [3.63, 3.8) is 0 Å². The molecule has 2 rings (SSSR count). The van der Waals surface area contributed by atoms with Crippen LogP contribution >= 0.6 is 12.2 Å². The predicted molar refractivity (Wildman–Crippen MR) is 81.6 cm³/mol. The smallest absolute Gasteiger partial charge is 0.191 e. The van der Waals surface area contributed by atoms with Crippen LogP contribution in [0.3, 0.4) is 0 Å². The minimum Gasteiger partial charge on any atom is -0.463 e. The summed E-state index contributed by atoms with van der Waals surface area (Å²) in [4.78, 5) is 0. The van der Waals surface area contributed by atoms with E-state index in [1.54, 1.807) is 18.5 Å². The third-order valence-electron chi connectivity index (χ3n) is 2.75. The fraction of sp³-hybridized carbons (Fsp3) is 0.143. The Labute approximate surface area is 117 Å². The number of nitrogens with one attached hydrogen (secondary N) is 2. The lowest BCUT2D eigenvalue weighted by molar-refractivity contribution is 0.560. The molecule has 5 heteroatoms. The second kappa shape index (κ2) is 6.15. The number of rotatable bonds is 3. The SMILES string of the molecule is Cc1cccc(NC(=S)N/N=C/c2ccco2)c1C.